The Morgan fingerprint density at radius 2 is 2.00 bits per heavy atom. The van der Waals surface area contributed by atoms with Gasteiger partial charge in [-0.05, 0) is 24.2 Å². The fraction of sp³-hybridized carbons (Fsp3) is 0.400. The largest absolute Gasteiger partial charge is 0.493 e. The van der Waals surface area contributed by atoms with Crippen molar-refractivity contribution >= 4 is 0 Å². The number of imidazole rings is 1. The Morgan fingerprint density at radius 1 is 1.25 bits per heavy atom. The van der Waals surface area contributed by atoms with Crippen LogP contribution in [0.5, 0.6) is 11.5 Å². The lowest BCUT2D eigenvalue weighted by Crippen LogP contribution is -2.24. The van der Waals surface area contributed by atoms with E-state index in [1.807, 2.05) is 36.0 Å². The molecule has 0 saturated heterocycles. The highest BCUT2D eigenvalue weighted by Gasteiger charge is 2.18. The highest BCUT2D eigenvalue weighted by molar-refractivity contribution is 5.44. The van der Waals surface area contributed by atoms with Crippen LogP contribution in [-0.2, 0) is 7.05 Å². The zero-order valence-electron chi connectivity index (χ0n) is 12.4. The monoisotopic (exact) mass is 275 g/mol. The van der Waals surface area contributed by atoms with Crippen LogP contribution in [0.1, 0.15) is 24.4 Å². The third-order valence-corrected chi connectivity index (χ3v) is 3.27. The Hall–Kier alpha value is -2.01. The molecular weight excluding hydrogens is 254 g/mol. The SMILES string of the molecule is CCNC(c1ccc(OC)c(OC)c1)c1nccn1C. The predicted octanol–water partition coefficient (Wildman–Crippen LogP) is 2.14. The zero-order valence-corrected chi connectivity index (χ0v) is 12.4. The minimum atomic E-state index is 0.0276. The Balaban J connectivity index is 2.42. The molecule has 0 spiro atoms. The lowest BCUT2D eigenvalue weighted by Gasteiger charge is -2.19. The minimum Gasteiger partial charge on any atom is -0.493 e. The van der Waals surface area contributed by atoms with Crippen LogP contribution in [0.2, 0.25) is 0 Å². The molecule has 1 aromatic heterocycles. The number of rotatable bonds is 6. The molecule has 0 amide bonds. The maximum absolute atomic E-state index is 5.37. The van der Waals surface area contributed by atoms with Gasteiger partial charge in [0.15, 0.2) is 11.5 Å². The van der Waals surface area contributed by atoms with Crippen LogP contribution in [-0.4, -0.2) is 30.3 Å². The normalized spacial score (nSPS) is 12.2. The smallest absolute Gasteiger partial charge is 0.161 e. The Bertz CT molecular complexity index is 566. The van der Waals surface area contributed by atoms with Crippen LogP contribution in [0.25, 0.3) is 0 Å². The highest BCUT2D eigenvalue weighted by Crippen LogP contribution is 2.31. The average Bonchev–Trinajstić information content (AvgIpc) is 2.90. The van der Waals surface area contributed by atoms with E-state index in [0.29, 0.717) is 0 Å². The summed E-state index contributed by atoms with van der Waals surface area (Å²) >= 11 is 0. The second kappa shape index (κ2) is 6.43. The molecular formula is C15H21N3O2. The summed E-state index contributed by atoms with van der Waals surface area (Å²) in [6.45, 7) is 2.93. The van der Waals surface area contributed by atoms with Crippen LogP contribution in [0.4, 0.5) is 0 Å². The molecule has 2 rings (SSSR count). The standard InChI is InChI=1S/C15H21N3O2/c1-5-16-14(15-17-8-9-18(15)2)11-6-7-12(19-3)13(10-11)20-4/h6-10,14,16H,5H2,1-4H3. The van der Waals surface area contributed by atoms with Gasteiger partial charge in [-0.3, -0.25) is 0 Å². The van der Waals surface area contributed by atoms with Gasteiger partial charge >= 0.3 is 0 Å². The van der Waals surface area contributed by atoms with Crippen molar-refractivity contribution < 1.29 is 9.47 Å². The highest BCUT2D eigenvalue weighted by atomic mass is 16.5. The zero-order chi connectivity index (χ0) is 14.5. The van der Waals surface area contributed by atoms with Gasteiger partial charge in [0.05, 0.1) is 20.3 Å². The second-order valence-corrected chi connectivity index (χ2v) is 4.50. The fourth-order valence-electron chi connectivity index (χ4n) is 2.25. The van der Waals surface area contributed by atoms with Gasteiger partial charge in [0.1, 0.15) is 5.82 Å². The van der Waals surface area contributed by atoms with E-state index in [-0.39, 0.29) is 6.04 Å². The molecule has 0 fully saturated rings. The Kier molecular flexibility index (Phi) is 4.63. The number of nitrogens with zero attached hydrogens (tertiary/aromatic N) is 2. The molecule has 5 nitrogen and oxygen atoms in total. The van der Waals surface area contributed by atoms with Crippen molar-refractivity contribution in [2.75, 3.05) is 20.8 Å². The van der Waals surface area contributed by atoms with Crippen LogP contribution < -0.4 is 14.8 Å². The van der Waals surface area contributed by atoms with Crippen molar-refractivity contribution in [3.05, 3.63) is 42.0 Å². The van der Waals surface area contributed by atoms with E-state index in [0.717, 1.165) is 29.4 Å². The Labute approximate surface area is 119 Å². The Morgan fingerprint density at radius 3 is 2.55 bits per heavy atom. The van der Waals surface area contributed by atoms with E-state index in [4.69, 9.17) is 9.47 Å². The lowest BCUT2D eigenvalue weighted by atomic mass is 10.1. The maximum Gasteiger partial charge on any atom is 0.161 e. The van der Waals surface area contributed by atoms with E-state index in [1.54, 1.807) is 20.4 Å². The molecule has 0 saturated carbocycles. The van der Waals surface area contributed by atoms with Gasteiger partial charge in [-0.1, -0.05) is 13.0 Å². The van der Waals surface area contributed by atoms with Gasteiger partial charge < -0.3 is 19.4 Å². The maximum atomic E-state index is 5.37. The number of benzene rings is 1. The van der Waals surface area contributed by atoms with Crippen LogP contribution >= 0.6 is 0 Å². The van der Waals surface area contributed by atoms with Gasteiger partial charge in [-0.15, -0.1) is 0 Å². The predicted molar refractivity (Wildman–Crippen MR) is 78.3 cm³/mol. The molecule has 1 heterocycles. The number of ether oxygens (including phenoxy) is 2. The van der Waals surface area contributed by atoms with Gasteiger partial charge in [0.2, 0.25) is 0 Å². The molecule has 0 bridgehead atoms. The molecule has 1 atom stereocenters. The van der Waals surface area contributed by atoms with E-state index in [1.165, 1.54) is 0 Å². The summed E-state index contributed by atoms with van der Waals surface area (Å²) in [5, 5.41) is 3.45. The first kappa shape index (κ1) is 14.4. The van der Waals surface area contributed by atoms with Crippen molar-refractivity contribution in [1.82, 2.24) is 14.9 Å². The first-order chi connectivity index (χ1) is 9.71. The molecule has 0 radical (unpaired) electrons. The summed E-state index contributed by atoms with van der Waals surface area (Å²) in [6.07, 6.45) is 3.75. The fourth-order valence-corrected chi connectivity index (χ4v) is 2.25. The number of methoxy groups -OCH3 is 2. The second-order valence-electron chi connectivity index (χ2n) is 4.50. The lowest BCUT2D eigenvalue weighted by molar-refractivity contribution is 0.354. The number of hydrogen-bond donors (Lipinski definition) is 1. The first-order valence-corrected chi connectivity index (χ1v) is 6.63. The molecule has 1 N–H and O–H groups in total. The number of hydrogen-bond acceptors (Lipinski definition) is 4. The summed E-state index contributed by atoms with van der Waals surface area (Å²) in [5.41, 5.74) is 1.10. The molecule has 0 aliphatic rings. The molecule has 1 unspecified atom stereocenters. The summed E-state index contributed by atoms with van der Waals surface area (Å²) in [4.78, 5) is 4.44. The first-order valence-electron chi connectivity index (χ1n) is 6.63. The summed E-state index contributed by atoms with van der Waals surface area (Å²) in [7, 11) is 5.27. The molecule has 5 heteroatoms. The third-order valence-electron chi connectivity index (χ3n) is 3.27. The third kappa shape index (κ3) is 2.77. The molecule has 0 aliphatic carbocycles. The van der Waals surface area contributed by atoms with E-state index >= 15 is 0 Å². The van der Waals surface area contributed by atoms with Crippen LogP contribution in [0.15, 0.2) is 30.6 Å². The van der Waals surface area contributed by atoms with E-state index in [2.05, 4.69) is 17.2 Å². The molecule has 2 aromatic rings. The minimum absolute atomic E-state index is 0.0276. The quantitative estimate of drug-likeness (QED) is 0.877. The average molecular weight is 275 g/mol. The van der Waals surface area contributed by atoms with Crippen molar-refractivity contribution in [3.8, 4) is 11.5 Å². The molecule has 108 valence electrons. The van der Waals surface area contributed by atoms with Crippen LogP contribution in [0.3, 0.4) is 0 Å². The van der Waals surface area contributed by atoms with Gasteiger partial charge in [0.25, 0.3) is 0 Å². The summed E-state index contributed by atoms with van der Waals surface area (Å²) in [6, 6.07) is 5.96. The van der Waals surface area contributed by atoms with Gasteiger partial charge in [0, 0.05) is 19.4 Å². The molecule has 0 aliphatic heterocycles. The van der Waals surface area contributed by atoms with Crippen molar-refractivity contribution in [2.45, 2.75) is 13.0 Å². The van der Waals surface area contributed by atoms with Crippen molar-refractivity contribution in [3.63, 3.8) is 0 Å². The van der Waals surface area contributed by atoms with Gasteiger partial charge in [-0.2, -0.15) is 0 Å². The van der Waals surface area contributed by atoms with E-state index in [9.17, 15) is 0 Å². The number of aromatic nitrogens is 2. The number of aryl methyl sites for hydroxylation is 1. The summed E-state index contributed by atoms with van der Waals surface area (Å²) in [5.74, 6) is 2.42. The van der Waals surface area contributed by atoms with Gasteiger partial charge in [-0.25, -0.2) is 4.98 Å². The van der Waals surface area contributed by atoms with Crippen molar-refractivity contribution in [2.24, 2.45) is 7.05 Å². The van der Waals surface area contributed by atoms with Crippen molar-refractivity contribution in [1.29, 1.82) is 0 Å². The number of nitrogens with one attached hydrogen (secondary N) is 1. The molecule has 20 heavy (non-hydrogen) atoms. The summed E-state index contributed by atoms with van der Waals surface area (Å²) < 4.78 is 12.7. The van der Waals surface area contributed by atoms with E-state index < -0.39 is 0 Å². The van der Waals surface area contributed by atoms with Crippen LogP contribution in [0, 0.1) is 0 Å². The molecule has 1 aromatic carbocycles. The topological polar surface area (TPSA) is 48.3 Å².